The van der Waals surface area contributed by atoms with Crippen molar-refractivity contribution in [2.75, 3.05) is 5.32 Å². The van der Waals surface area contributed by atoms with Gasteiger partial charge in [0.15, 0.2) is 0 Å². The molecule has 7 nitrogen and oxygen atoms in total. The molecule has 1 heterocycles. The summed E-state index contributed by atoms with van der Waals surface area (Å²) in [5, 5.41) is 12.9. The maximum Gasteiger partial charge on any atom is 0.0477 e. The van der Waals surface area contributed by atoms with Crippen molar-refractivity contribution in [1.29, 1.82) is 0 Å². The van der Waals surface area contributed by atoms with Crippen LogP contribution < -0.4 is 9.67 Å². The molecule has 0 radical (unpaired) electrons. The van der Waals surface area contributed by atoms with E-state index in [2.05, 4.69) is 53.5 Å². The average Bonchev–Trinajstić information content (AvgIpc) is 2.91. The Morgan fingerprint density at radius 2 is 1.80 bits per heavy atom. The second-order valence-corrected chi connectivity index (χ2v) is 8.78. The molecule has 0 fully saturated rings. The number of fused-ring (bicyclic) bond motifs is 1. The minimum absolute atomic E-state index is 0.00951. The van der Waals surface area contributed by atoms with Gasteiger partial charge < -0.3 is 4.57 Å². The maximum absolute atomic E-state index is 10.9. The molecule has 1 aromatic heterocycles. The van der Waals surface area contributed by atoms with Crippen molar-refractivity contribution in [2.24, 2.45) is 7.05 Å². The monoisotopic (exact) mass is 406 g/mol. The summed E-state index contributed by atoms with van der Waals surface area (Å²) in [6.07, 6.45) is 2.07. The number of aryl methyl sites for hydroxylation is 1. The molecule has 132 valence electrons. The molecule has 0 spiro atoms. The van der Waals surface area contributed by atoms with E-state index in [0.717, 1.165) is 18.2 Å². The number of carbonyl (C=O) groups is 1. The molecule has 8 heteroatoms. The summed E-state index contributed by atoms with van der Waals surface area (Å²) >= 11 is -4.98. The van der Waals surface area contributed by atoms with Crippen molar-refractivity contribution >= 4 is 41.0 Å². The van der Waals surface area contributed by atoms with Crippen molar-refractivity contribution in [2.45, 2.75) is 6.92 Å². The number of nitrogens with one attached hydrogen (secondary N) is 1. The number of benzene rings is 2. The first-order chi connectivity index (χ1) is 11.7. The smallest absolute Gasteiger partial charge is 0.0477 e. The number of aromatic hydroxyl groups is 1. The van der Waals surface area contributed by atoms with Crippen LogP contribution in [0.2, 0.25) is 0 Å². The molecule has 0 bridgehead atoms. The SMILES string of the molecule is CC(=O)Nc1cc([As](=O)(O)O)ccc1O.Cn1ccc2ccccc21. The Balaban J connectivity index is 0.000000194. The Bertz CT molecular complexity index is 945. The summed E-state index contributed by atoms with van der Waals surface area (Å²) in [5.74, 6) is -0.668. The summed E-state index contributed by atoms with van der Waals surface area (Å²) in [5.41, 5.74) is 1.28. The summed E-state index contributed by atoms with van der Waals surface area (Å²) in [6, 6.07) is 13.8. The minimum Gasteiger partial charge on any atom is -0.351 e. The predicted octanol–water partition coefficient (Wildman–Crippen LogP) is 1.09. The van der Waals surface area contributed by atoms with Gasteiger partial charge in [0.1, 0.15) is 0 Å². The molecule has 1 amide bonds. The third kappa shape index (κ3) is 5.00. The van der Waals surface area contributed by atoms with E-state index in [1.54, 1.807) is 0 Å². The van der Waals surface area contributed by atoms with Crippen LogP contribution in [0, 0.1) is 0 Å². The van der Waals surface area contributed by atoms with Gasteiger partial charge in [-0.3, -0.25) is 0 Å². The van der Waals surface area contributed by atoms with Gasteiger partial charge in [0.2, 0.25) is 0 Å². The zero-order valence-corrected chi connectivity index (χ0v) is 15.6. The van der Waals surface area contributed by atoms with Gasteiger partial charge in [-0.1, -0.05) is 18.2 Å². The molecular formula is C17H19AsN2O5. The Morgan fingerprint density at radius 3 is 2.40 bits per heavy atom. The van der Waals surface area contributed by atoms with Crippen LogP contribution in [0.4, 0.5) is 5.69 Å². The predicted molar refractivity (Wildman–Crippen MR) is 95.8 cm³/mol. The van der Waals surface area contributed by atoms with E-state index in [4.69, 9.17) is 8.19 Å². The second-order valence-electron chi connectivity index (χ2n) is 5.41. The van der Waals surface area contributed by atoms with Gasteiger partial charge in [0.25, 0.3) is 0 Å². The molecule has 0 unspecified atom stereocenters. The van der Waals surface area contributed by atoms with E-state index in [0.29, 0.717) is 0 Å². The number of phenolic OH excluding ortho intramolecular Hbond substituents is 1. The summed E-state index contributed by atoms with van der Waals surface area (Å²) < 4.78 is 30.7. The normalized spacial score (nSPS) is 10.9. The molecule has 0 aliphatic rings. The first kappa shape index (κ1) is 18.9. The number of carbonyl (C=O) groups excluding carboxylic acids is 1. The van der Waals surface area contributed by atoms with Gasteiger partial charge in [0.05, 0.1) is 0 Å². The van der Waals surface area contributed by atoms with Crippen molar-refractivity contribution in [3.05, 3.63) is 54.7 Å². The number of hydrogen-bond donors (Lipinski definition) is 4. The third-order valence-electron chi connectivity index (χ3n) is 3.42. The number of phenols is 1. The molecule has 3 rings (SSSR count). The number of amides is 1. The maximum atomic E-state index is 10.9. The molecule has 2 aromatic carbocycles. The molecule has 25 heavy (non-hydrogen) atoms. The number of nitrogens with zero attached hydrogens (tertiary/aromatic N) is 1. The van der Waals surface area contributed by atoms with Crippen LogP contribution in [-0.4, -0.2) is 37.9 Å². The standard InChI is InChI=1S/C9H9N.C8H10AsNO5/c1-10-7-6-8-4-2-3-5-9(8)10;1-5(11)10-7-4-6(9(13,14)15)2-3-8(7)12/h2-7H,1H3;2-4,12H,1H3,(H,10,11)(H2,13,14,15). The third-order valence-corrected chi connectivity index (χ3v) is 5.42. The van der Waals surface area contributed by atoms with Crippen molar-refractivity contribution in [3.63, 3.8) is 0 Å². The Labute approximate surface area is 147 Å². The van der Waals surface area contributed by atoms with Crippen molar-refractivity contribution < 1.29 is 21.8 Å². The van der Waals surface area contributed by atoms with Crippen LogP contribution in [-0.2, 0) is 15.6 Å². The van der Waals surface area contributed by atoms with Crippen molar-refractivity contribution in [3.8, 4) is 5.75 Å². The molecule has 4 N–H and O–H groups in total. The molecule has 0 saturated heterocycles. The van der Waals surface area contributed by atoms with Crippen molar-refractivity contribution in [1.82, 2.24) is 4.57 Å². The molecule has 3 aromatic rings. The number of para-hydroxylation sites is 1. The number of aromatic nitrogens is 1. The van der Waals surface area contributed by atoms with Gasteiger partial charge in [-0.25, -0.2) is 0 Å². The van der Waals surface area contributed by atoms with Crippen LogP contribution in [0.5, 0.6) is 5.75 Å². The average molecular weight is 406 g/mol. The van der Waals surface area contributed by atoms with Crippen LogP contribution in [0.1, 0.15) is 6.92 Å². The van der Waals surface area contributed by atoms with Crippen LogP contribution >= 0.6 is 0 Å². The van der Waals surface area contributed by atoms with E-state index in [-0.39, 0.29) is 15.8 Å². The Kier molecular flexibility index (Phi) is 5.74. The van der Waals surface area contributed by atoms with E-state index in [1.807, 2.05) is 0 Å². The van der Waals surface area contributed by atoms with E-state index in [9.17, 15) is 13.6 Å². The van der Waals surface area contributed by atoms with E-state index < -0.39 is 20.1 Å². The van der Waals surface area contributed by atoms with Gasteiger partial charge in [-0.05, 0) is 17.5 Å². The molecule has 0 saturated carbocycles. The fourth-order valence-corrected chi connectivity index (χ4v) is 3.40. The quantitative estimate of drug-likeness (QED) is 0.376. The largest absolute Gasteiger partial charge is 0.351 e. The zero-order valence-electron chi connectivity index (χ0n) is 13.7. The number of rotatable bonds is 2. The Morgan fingerprint density at radius 1 is 1.12 bits per heavy atom. The van der Waals surface area contributed by atoms with E-state index >= 15 is 0 Å². The number of anilines is 1. The summed E-state index contributed by atoms with van der Waals surface area (Å²) in [6.45, 7) is 1.23. The molecule has 0 atom stereocenters. The fraction of sp³-hybridized carbons (Fsp3) is 0.118. The van der Waals surface area contributed by atoms with Gasteiger partial charge in [0, 0.05) is 18.8 Å². The second kappa shape index (κ2) is 7.61. The Hall–Kier alpha value is -2.47. The summed E-state index contributed by atoms with van der Waals surface area (Å²) in [7, 11) is 2.06. The van der Waals surface area contributed by atoms with Crippen LogP contribution in [0.3, 0.4) is 0 Å². The fourth-order valence-electron chi connectivity index (χ4n) is 2.22. The van der Waals surface area contributed by atoms with E-state index in [1.165, 1.54) is 17.8 Å². The molecule has 0 aliphatic heterocycles. The van der Waals surface area contributed by atoms with Gasteiger partial charge in [-0.15, -0.1) is 0 Å². The first-order valence-corrected chi connectivity index (χ1v) is 10.7. The number of hydrogen-bond acceptors (Lipinski definition) is 3. The minimum atomic E-state index is -4.98. The molecule has 0 aliphatic carbocycles. The van der Waals surface area contributed by atoms with Crippen LogP contribution in [0.25, 0.3) is 10.9 Å². The summed E-state index contributed by atoms with van der Waals surface area (Å²) in [4.78, 5) is 10.7. The zero-order chi connectivity index (χ0) is 18.6. The van der Waals surface area contributed by atoms with Crippen LogP contribution in [0.15, 0.2) is 54.7 Å². The first-order valence-electron chi connectivity index (χ1n) is 7.35. The van der Waals surface area contributed by atoms with Gasteiger partial charge >= 0.3 is 88.1 Å². The topological polar surface area (TPSA) is 112 Å². The van der Waals surface area contributed by atoms with Gasteiger partial charge in [-0.2, -0.15) is 0 Å². The molecular weight excluding hydrogens is 387 g/mol.